The second kappa shape index (κ2) is 8.55. The number of benzene rings is 2. The van der Waals surface area contributed by atoms with Gasteiger partial charge < -0.3 is 9.52 Å². The van der Waals surface area contributed by atoms with Crippen molar-refractivity contribution in [3.05, 3.63) is 94.1 Å². The highest BCUT2D eigenvalue weighted by atomic mass is 32.2. The number of hydrogen-bond acceptors (Lipinski definition) is 7. The first-order chi connectivity index (χ1) is 16.0. The van der Waals surface area contributed by atoms with Crippen LogP contribution in [0.2, 0.25) is 0 Å². The maximum Gasteiger partial charge on any atom is 0.336 e. The fourth-order valence-corrected chi connectivity index (χ4v) is 4.57. The van der Waals surface area contributed by atoms with Crippen LogP contribution in [0.3, 0.4) is 0 Å². The second-order valence-electron chi connectivity index (χ2n) is 7.71. The van der Waals surface area contributed by atoms with Crippen LogP contribution in [0.1, 0.15) is 16.7 Å². The van der Waals surface area contributed by atoms with Crippen molar-refractivity contribution in [2.75, 3.05) is 0 Å². The van der Waals surface area contributed by atoms with Gasteiger partial charge in [-0.1, -0.05) is 17.8 Å². The molecule has 3 aromatic heterocycles. The summed E-state index contributed by atoms with van der Waals surface area (Å²) in [5.74, 6) is 1.24. The van der Waals surface area contributed by atoms with Crippen LogP contribution in [0.25, 0.3) is 28.0 Å². The number of hydrogen-bond donors (Lipinski definition) is 1. The maximum atomic E-state index is 12.1. The van der Waals surface area contributed by atoms with Crippen molar-refractivity contribution < 1.29 is 9.52 Å². The summed E-state index contributed by atoms with van der Waals surface area (Å²) in [6.45, 7) is 4.15. The first kappa shape index (κ1) is 21.0. The van der Waals surface area contributed by atoms with Crippen molar-refractivity contribution in [2.24, 2.45) is 0 Å². The van der Waals surface area contributed by atoms with Gasteiger partial charge in [0.15, 0.2) is 11.0 Å². The molecule has 0 aliphatic heterocycles. The van der Waals surface area contributed by atoms with E-state index in [0.717, 1.165) is 22.2 Å². The van der Waals surface area contributed by atoms with E-state index in [9.17, 15) is 9.90 Å². The molecule has 0 atom stereocenters. The molecule has 164 valence electrons. The van der Waals surface area contributed by atoms with Gasteiger partial charge in [-0.05, 0) is 66.9 Å². The lowest BCUT2D eigenvalue weighted by Gasteiger charge is -2.12. The quantitative estimate of drug-likeness (QED) is 0.292. The van der Waals surface area contributed by atoms with Gasteiger partial charge in [-0.3, -0.25) is 9.55 Å². The van der Waals surface area contributed by atoms with Crippen LogP contribution in [0, 0.1) is 13.8 Å². The van der Waals surface area contributed by atoms with Crippen molar-refractivity contribution >= 4 is 22.7 Å². The third-order valence-corrected chi connectivity index (χ3v) is 6.47. The molecule has 0 spiro atoms. The molecule has 8 heteroatoms. The molecule has 2 aromatic carbocycles. The monoisotopic (exact) mass is 456 g/mol. The number of aromatic hydroxyl groups is 1. The molecule has 0 bridgehead atoms. The minimum atomic E-state index is -0.461. The van der Waals surface area contributed by atoms with Crippen LogP contribution in [0.15, 0.2) is 81.4 Å². The molecule has 0 fully saturated rings. The van der Waals surface area contributed by atoms with E-state index in [1.165, 1.54) is 35.0 Å². The van der Waals surface area contributed by atoms with Gasteiger partial charge in [0.2, 0.25) is 0 Å². The van der Waals surface area contributed by atoms with E-state index in [4.69, 9.17) is 4.42 Å². The summed E-state index contributed by atoms with van der Waals surface area (Å²) in [4.78, 5) is 16.2. The summed E-state index contributed by atoms with van der Waals surface area (Å²) in [7, 11) is 0. The minimum absolute atomic E-state index is 0.0481. The SMILES string of the molecule is Cc1ccc(-n2c(SCc3cc(=O)oc4cc(O)ccc34)nnc2-c2ccncc2)cc1C. The predicted molar refractivity (Wildman–Crippen MR) is 128 cm³/mol. The molecule has 0 amide bonds. The molecule has 0 radical (unpaired) electrons. The third-order valence-electron chi connectivity index (χ3n) is 5.49. The summed E-state index contributed by atoms with van der Waals surface area (Å²) in [6.07, 6.45) is 3.46. The Kier molecular flexibility index (Phi) is 5.43. The van der Waals surface area contributed by atoms with Crippen LogP contribution in [0.5, 0.6) is 5.75 Å². The number of thioether (sulfide) groups is 1. The minimum Gasteiger partial charge on any atom is -0.508 e. The summed E-state index contributed by atoms with van der Waals surface area (Å²) < 4.78 is 7.27. The maximum absolute atomic E-state index is 12.1. The van der Waals surface area contributed by atoms with Crippen molar-refractivity contribution in [3.63, 3.8) is 0 Å². The van der Waals surface area contributed by atoms with Gasteiger partial charge in [0.05, 0.1) is 5.69 Å². The molecular weight excluding hydrogens is 436 g/mol. The number of aryl methyl sites for hydroxylation is 2. The molecule has 5 aromatic rings. The fraction of sp³-hybridized carbons (Fsp3) is 0.120. The Labute approximate surface area is 193 Å². The number of phenols is 1. The summed E-state index contributed by atoms with van der Waals surface area (Å²) in [5, 5.41) is 20.1. The van der Waals surface area contributed by atoms with Gasteiger partial charge in [-0.2, -0.15) is 0 Å². The summed E-state index contributed by atoms with van der Waals surface area (Å²) in [6, 6.07) is 16.3. The van der Waals surface area contributed by atoms with E-state index in [-0.39, 0.29) is 5.75 Å². The number of rotatable bonds is 5. The van der Waals surface area contributed by atoms with Gasteiger partial charge >= 0.3 is 5.63 Å². The fourth-order valence-electron chi connectivity index (χ4n) is 3.63. The topological polar surface area (TPSA) is 94.0 Å². The number of pyridine rings is 1. The molecule has 0 aliphatic carbocycles. The van der Waals surface area contributed by atoms with Crippen molar-refractivity contribution in [3.8, 4) is 22.8 Å². The molecule has 3 heterocycles. The molecule has 5 rings (SSSR count). The Hall–Kier alpha value is -3.91. The van der Waals surface area contributed by atoms with Crippen LogP contribution in [-0.2, 0) is 5.75 Å². The van der Waals surface area contributed by atoms with Crippen LogP contribution < -0.4 is 5.63 Å². The summed E-state index contributed by atoms with van der Waals surface area (Å²) in [5.41, 5.74) is 4.93. The Morgan fingerprint density at radius 2 is 1.79 bits per heavy atom. The van der Waals surface area contributed by atoms with E-state index in [1.807, 2.05) is 16.7 Å². The first-order valence-electron chi connectivity index (χ1n) is 10.3. The van der Waals surface area contributed by atoms with Crippen LogP contribution in [-0.4, -0.2) is 24.9 Å². The van der Waals surface area contributed by atoms with Gasteiger partial charge in [-0.15, -0.1) is 10.2 Å². The lowest BCUT2D eigenvalue weighted by molar-refractivity contribution is 0.473. The van der Waals surface area contributed by atoms with Crippen molar-refractivity contribution in [1.29, 1.82) is 0 Å². The Bertz CT molecular complexity index is 1530. The van der Waals surface area contributed by atoms with Gasteiger partial charge in [-0.25, -0.2) is 4.79 Å². The zero-order valence-corrected chi connectivity index (χ0v) is 18.8. The zero-order chi connectivity index (χ0) is 22.9. The van der Waals surface area contributed by atoms with E-state index < -0.39 is 5.63 Å². The molecule has 33 heavy (non-hydrogen) atoms. The predicted octanol–water partition coefficient (Wildman–Crippen LogP) is 5.05. The van der Waals surface area contributed by atoms with E-state index >= 15 is 0 Å². The van der Waals surface area contributed by atoms with Crippen LogP contribution >= 0.6 is 11.8 Å². The number of aromatic nitrogens is 4. The Balaban J connectivity index is 1.58. The largest absolute Gasteiger partial charge is 0.508 e. The molecule has 1 N–H and O–H groups in total. The van der Waals surface area contributed by atoms with E-state index in [2.05, 4.69) is 47.2 Å². The molecule has 7 nitrogen and oxygen atoms in total. The van der Waals surface area contributed by atoms with Crippen molar-refractivity contribution in [1.82, 2.24) is 19.7 Å². The Morgan fingerprint density at radius 3 is 2.58 bits per heavy atom. The average Bonchev–Trinajstić information content (AvgIpc) is 3.23. The second-order valence-corrected chi connectivity index (χ2v) is 8.65. The highest BCUT2D eigenvalue weighted by molar-refractivity contribution is 7.98. The summed E-state index contributed by atoms with van der Waals surface area (Å²) >= 11 is 1.48. The highest BCUT2D eigenvalue weighted by Gasteiger charge is 2.18. The third kappa shape index (κ3) is 4.12. The van der Waals surface area contributed by atoms with Crippen LogP contribution in [0.4, 0.5) is 0 Å². The highest BCUT2D eigenvalue weighted by Crippen LogP contribution is 2.32. The number of fused-ring (bicyclic) bond motifs is 1. The standard InChI is InChI=1S/C25H20N4O3S/c1-15-3-4-19(11-16(15)2)29-24(17-7-9-26-10-8-17)27-28-25(29)33-14-18-12-23(31)32-22-13-20(30)5-6-21(18)22/h3-13,30H,14H2,1-2H3. The zero-order valence-electron chi connectivity index (χ0n) is 18.0. The molecule has 0 unspecified atom stereocenters. The molecule has 0 aliphatic rings. The van der Waals surface area contributed by atoms with E-state index in [1.54, 1.807) is 24.5 Å². The normalized spacial score (nSPS) is 11.2. The number of nitrogens with zero attached hydrogens (tertiary/aromatic N) is 4. The smallest absolute Gasteiger partial charge is 0.336 e. The average molecular weight is 457 g/mol. The number of phenolic OH excluding ortho intramolecular Hbond substituents is 1. The van der Waals surface area contributed by atoms with Gasteiger partial charge in [0, 0.05) is 41.2 Å². The van der Waals surface area contributed by atoms with Gasteiger partial charge in [0.1, 0.15) is 11.3 Å². The van der Waals surface area contributed by atoms with Gasteiger partial charge in [0.25, 0.3) is 0 Å². The lowest BCUT2D eigenvalue weighted by atomic mass is 10.1. The molecule has 0 saturated heterocycles. The Morgan fingerprint density at radius 1 is 0.970 bits per heavy atom. The first-order valence-corrected chi connectivity index (χ1v) is 11.3. The molecule has 0 saturated carbocycles. The van der Waals surface area contributed by atoms with E-state index in [0.29, 0.717) is 22.3 Å². The molecular formula is C25H20N4O3S. The van der Waals surface area contributed by atoms with Crippen molar-refractivity contribution in [2.45, 2.75) is 24.8 Å². The lowest BCUT2D eigenvalue weighted by Crippen LogP contribution is -2.02.